The van der Waals surface area contributed by atoms with Crippen molar-refractivity contribution in [2.75, 3.05) is 6.54 Å². The summed E-state index contributed by atoms with van der Waals surface area (Å²) < 4.78 is 12.9. The number of nitrogens with one attached hydrogen (secondary N) is 1. The second-order valence-corrected chi connectivity index (χ2v) is 4.29. The lowest BCUT2D eigenvalue weighted by Crippen LogP contribution is -2.38. The van der Waals surface area contributed by atoms with Crippen molar-refractivity contribution < 1.29 is 4.39 Å². The van der Waals surface area contributed by atoms with Crippen molar-refractivity contribution in [2.24, 2.45) is 0 Å². The van der Waals surface area contributed by atoms with E-state index in [0.29, 0.717) is 0 Å². The summed E-state index contributed by atoms with van der Waals surface area (Å²) in [4.78, 5) is 0. The lowest BCUT2D eigenvalue weighted by molar-refractivity contribution is 0.432. The molecule has 0 saturated carbocycles. The van der Waals surface area contributed by atoms with Crippen LogP contribution >= 0.6 is 0 Å². The Bertz CT molecular complexity index is 331. The molecule has 2 heteroatoms. The van der Waals surface area contributed by atoms with Gasteiger partial charge >= 0.3 is 0 Å². The molecule has 0 aliphatic carbocycles. The van der Waals surface area contributed by atoms with Crippen molar-refractivity contribution in [1.29, 1.82) is 0 Å². The van der Waals surface area contributed by atoms with Gasteiger partial charge in [-0.1, -0.05) is 19.9 Å². The van der Waals surface area contributed by atoms with Gasteiger partial charge in [0.05, 0.1) is 0 Å². The van der Waals surface area contributed by atoms with Crippen LogP contribution in [-0.4, -0.2) is 6.54 Å². The van der Waals surface area contributed by atoms with E-state index >= 15 is 0 Å². The quantitative estimate of drug-likeness (QED) is 0.644. The van der Waals surface area contributed by atoms with Gasteiger partial charge in [0.25, 0.3) is 0 Å². The molecule has 0 saturated heterocycles. The van der Waals surface area contributed by atoms with Crippen LogP contribution in [-0.2, 0) is 12.0 Å². The zero-order valence-corrected chi connectivity index (χ0v) is 8.02. The highest BCUT2D eigenvalue weighted by Crippen LogP contribution is 2.29. The molecule has 0 bridgehead atoms. The molecule has 1 aromatic rings. The third-order valence-electron chi connectivity index (χ3n) is 2.68. The van der Waals surface area contributed by atoms with Crippen molar-refractivity contribution in [3.63, 3.8) is 0 Å². The van der Waals surface area contributed by atoms with Gasteiger partial charge in [0.1, 0.15) is 5.82 Å². The van der Waals surface area contributed by atoms with Gasteiger partial charge in [0, 0.05) is 18.5 Å². The summed E-state index contributed by atoms with van der Waals surface area (Å²) in [6.07, 6.45) is 0. The van der Waals surface area contributed by atoms with Crippen LogP contribution in [0.15, 0.2) is 18.2 Å². The smallest absolute Gasteiger partial charge is 0.123 e. The van der Waals surface area contributed by atoms with Crippen LogP contribution in [0.2, 0.25) is 0 Å². The highest BCUT2D eigenvalue weighted by atomic mass is 19.1. The van der Waals surface area contributed by atoms with Crippen LogP contribution in [0.3, 0.4) is 0 Å². The minimum absolute atomic E-state index is 0.126. The molecule has 1 nitrogen and oxygen atoms in total. The molecule has 0 fully saturated rings. The van der Waals surface area contributed by atoms with Gasteiger partial charge in [-0.2, -0.15) is 0 Å². The minimum Gasteiger partial charge on any atom is -0.312 e. The van der Waals surface area contributed by atoms with Gasteiger partial charge < -0.3 is 5.32 Å². The number of benzene rings is 1. The Morgan fingerprint density at radius 1 is 1.38 bits per heavy atom. The zero-order chi connectivity index (χ0) is 9.47. The van der Waals surface area contributed by atoms with E-state index in [1.54, 1.807) is 12.1 Å². The maximum absolute atomic E-state index is 12.9. The lowest BCUT2D eigenvalue weighted by atomic mass is 9.79. The van der Waals surface area contributed by atoms with Gasteiger partial charge in [-0.3, -0.25) is 0 Å². The lowest BCUT2D eigenvalue weighted by Gasteiger charge is -2.33. The van der Waals surface area contributed by atoms with E-state index in [0.717, 1.165) is 18.7 Å². The van der Waals surface area contributed by atoms with Crippen molar-refractivity contribution in [1.82, 2.24) is 5.32 Å². The topological polar surface area (TPSA) is 12.0 Å². The molecular weight excluding hydrogens is 165 g/mol. The average molecular weight is 179 g/mol. The average Bonchev–Trinajstić information content (AvgIpc) is 2.02. The molecule has 1 aliphatic heterocycles. The van der Waals surface area contributed by atoms with Crippen molar-refractivity contribution in [3.8, 4) is 0 Å². The molecule has 2 rings (SSSR count). The minimum atomic E-state index is -0.141. The first-order chi connectivity index (χ1) is 6.09. The second-order valence-electron chi connectivity index (χ2n) is 4.29. The molecule has 1 aliphatic rings. The van der Waals surface area contributed by atoms with Crippen LogP contribution in [0.1, 0.15) is 25.0 Å². The Labute approximate surface area is 78.0 Å². The molecule has 70 valence electrons. The summed E-state index contributed by atoms with van der Waals surface area (Å²) in [5, 5.41) is 3.29. The third-order valence-corrected chi connectivity index (χ3v) is 2.68. The first kappa shape index (κ1) is 8.70. The summed E-state index contributed by atoms with van der Waals surface area (Å²) in [6, 6.07) is 5.08. The molecule has 1 aromatic carbocycles. The summed E-state index contributed by atoms with van der Waals surface area (Å²) >= 11 is 0. The monoisotopic (exact) mass is 179 g/mol. The fourth-order valence-electron chi connectivity index (χ4n) is 1.97. The molecule has 0 spiro atoms. The molecule has 0 atom stereocenters. The van der Waals surface area contributed by atoms with E-state index in [1.165, 1.54) is 5.56 Å². The molecule has 0 radical (unpaired) electrons. The van der Waals surface area contributed by atoms with Crippen LogP contribution in [0, 0.1) is 5.82 Å². The molecular formula is C11H14FN. The number of hydrogen-bond acceptors (Lipinski definition) is 1. The SMILES string of the molecule is CC1(C)CNCc2cc(F)ccc21. The van der Waals surface area contributed by atoms with E-state index < -0.39 is 0 Å². The van der Waals surface area contributed by atoms with Gasteiger partial charge in [-0.25, -0.2) is 4.39 Å². The molecule has 13 heavy (non-hydrogen) atoms. The van der Waals surface area contributed by atoms with Crippen molar-refractivity contribution in [2.45, 2.75) is 25.8 Å². The number of fused-ring (bicyclic) bond motifs is 1. The first-order valence-electron chi connectivity index (χ1n) is 4.59. The molecule has 0 unspecified atom stereocenters. The van der Waals surface area contributed by atoms with E-state index in [2.05, 4.69) is 19.2 Å². The normalized spacial score (nSPS) is 19.6. The third kappa shape index (κ3) is 1.46. The fraction of sp³-hybridized carbons (Fsp3) is 0.455. The summed E-state index contributed by atoms with van der Waals surface area (Å²) in [5.41, 5.74) is 2.49. The van der Waals surface area contributed by atoms with Gasteiger partial charge in [-0.15, -0.1) is 0 Å². The fourth-order valence-corrected chi connectivity index (χ4v) is 1.97. The Morgan fingerprint density at radius 3 is 2.92 bits per heavy atom. The maximum Gasteiger partial charge on any atom is 0.123 e. The van der Waals surface area contributed by atoms with Gasteiger partial charge in [0.15, 0.2) is 0 Å². The van der Waals surface area contributed by atoms with E-state index in [1.807, 2.05) is 6.07 Å². The largest absolute Gasteiger partial charge is 0.312 e. The molecule has 0 aromatic heterocycles. The van der Waals surface area contributed by atoms with E-state index in [9.17, 15) is 4.39 Å². The number of rotatable bonds is 0. The van der Waals surface area contributed by atoms with Crippen LogP contribution < -0.4 is 5.32 Å². The van der Waals surface area contributed by atoms with Gasteiger partial charge in [0.2, 0.25) is 0 Å². The number of hydrogen-bond donors (Lipinski definition) is 1. The Morgan fingerprint density at radius 2 is 2.15 bits per heavy atom. The Balaban J connectivity index is 2.53. The Kier molecular flexibility index (Phi) is 1.88. The molecule has 1 N–H and O–H groups in total. The number of halogens is 1. The van der Waals surface area contributed by atoms with Crippen LogP contribution in [0.5, 0.6) is 0 Å². The van der Waals surface area contributed by atoms with E-state index in [4.69, 9.17) is 0 Å². The van der Waals surface area contributed by atoms with Crippen molar-refractivity contribution >= 4 is 0 Å². The van der Waals surface area contributed by atoms with Crippen LogP contribution in [0.4, 0.5) is 4.39 Å². The van der Waals surface area contributed by atoms with Crippen molar-refractivity contribution in [3.05, 3.63) is 35.1 Å². The Hall–Kier alpha value is -0.890. The standard InChI is InChI=1S/C11H14FN/c1-11(2)7-13-6-8-5-9(12)3-4-10(8)11/h3-5,13H,6-7H2,1-2H3. The van der Waals surface area contributed by atoms with Gasteiger partial charge in [-0.05, 0) is 23.3 Å². The summed E-state index contributed by atoms with van der Waals surface area (Å²) in [5.74, 6) is -0.141. The highest BCUT2D eigenvalue weighted by Gasteiger charge is 2.26. The molecule has 1 heterocycles. The summed E-state index contributed by atoms with van der Waals surface area (Å²) in [6.45, 7) is 6.11. The predicted molar refractivity (Wildman–Crippen MR) is 51.1 cm³/mol. The zero-order valence-electron chi connectivity index (χ0n) is 8.02. The van der Waals surface area contributed by atoms with E-state index in [-0.39, 0.29) is 11.2 Å². The molecule has 0 amide bonds. The second kappa shape index (κ2) is 2.81. The first-order valence-corrected chi connectivity index (χ1v) is 4.59. The van der Waals surface area contributed by atoms with Crippen LogP contribution in [0.25, 0.3) is 0 Å². The maximum atomic E-state index is 12.9. The predicted octanol–water partition coefficient (Wildman–Crippen LogP) is 2.21. The highest BCUT2D eigenvalue weighted by molar-refractivity contribution is 5.36. The summed E-state index contributed by atoms with van der Waals surface area (Å²) in [7, 11) is 0.